The minimum Gasteiger partial charge on any atom is -0.316 e. The summed E-state index contributed by atoms with van der Waals surface area (Å²) in [5, 5.41) is 3.74. The van der Waals surface area contributed by atoms with Gasteiger partial charge in [0.1, 0.15) is 5.82 Å². The Bertz CT molecular complexity index is 545. The summed E-state index contributed by atoms with van der Waals surface area (Å²) in [5.41, 5.74) is 1.07. The van der Waals surface area contributed by atoms with E-state index in [4.69, 9.17) is 11.6 Å². The Balaban J connectivity index is 2.36. The van der Waals surface area contributed by atoms with Gasteiger partial charge in [-0.05, 0) is 30.8 Å². The predicted octanol–water partition coefficient (Wildman–Crippen LogP) is 4.35. The van der Waals surface area contributed by atoms with Crippen molar-refractivity contribution in [1.82, 2.24) is 5.32 Å². The third-order valence-corrected chi connectivity index (χ3v) is 4.13. The van der Waals surface area contributed by atoms with Gasteiger partial charge in [0.25, 0.3) is 0 Å². The molecule has 0 aliphatic heterocycles. The van der Waals surface area contributed by atoms with E-state index in [0.717, 1.165) is 10.5 Å². The molecule has 0 radical (unpaired) electrons. The molecule has 0 heterocycles. The Morgan fingerprint density at radius 2 is 1.94 bits per heavy atom. The molecule has 0 unspecified atom stereocenters. The van der Waals surface area contributed by atoms with Crippen LogP contribution in [0.25, 0.3) is 0 Å². The van der Waals surface area contributed by atoms with Crippen molar-refractivity contribution in [3.8, 4) is 0 Å². The van der Waals surface area contributed by atoms with E-state index in [1.165, 1.54) is 17.8 Å². The van der Waals surface area contributed by atoms with E-state index >= 15 is 0 Å². The number of hydrogen-bond donors (Lipinski definition) is 1. The first kappa shape index (κ1) is 13.4. The van der Waals surface area contributed by atoms with Gasteiger partial charge in [0.2, 0.25) is 0 Å². The SMILES string of the molecule is CNCc1cccc(Cl)c1Sc1ccccc1F. The first-order valence-electron chi connectivity index (χ1n) is 5.56. The summed E-state index contributed by atoms with van der Waals surface area (Å²) in [6, 6.07) is 12.4. The van der Waals surface area contributed by atoms with Crippen LogP contribution in [0.3, 0.4) is 0 Å². The lowest BCUT2D eigenvalue weighted by Gasteiger charge is -2.11. The fourth-order valence-electron chi connectivity index (χ4n) is 1.63. The third-order valence-electron chi connectivity index (χ3n) is 2.46. The fraction of sp³-hybridized carbons (Fsp3) is 0.143. The zero-order chi connectivity index (χ0) is 13.0. The lowest BCUT2D eigenvalue weighted by atomic mass is 10.2. The van der Waals surface area contributed by atoms with Crippen molar-refractivity contribution in [2.75, 3.05) is 7.05 Å². The maximum Gasteiger partial charge on any atom is 0.137 e. The summed E-state index contributed by atoms with van der Waals surface area (Å²) in [6.07, 6.45) is 0. The molecule has 0 amide bonds. The first-order valence-corrected chi connectivity index (χ1v) is 6.76. The topological polar surface area (TPSA) is 12.0 Å². The molecule has 0 fully saturated rings. The van der Waals surface area contributed by atoms with Crippen LogP contribution in [0, 0.1) is 5.82 Å². The normalized spacial score (nSPS) is 10.6. The molecule has 0 aliphatic rings. The highest BCUT2D eigenvalue weighted by molar-refractivity contribution is 7.99. The number of rotatable bonds is 4. The molecule has 2 rings (SSSR count). The van der Waals surface area contributed by atoms with Gasteiger partial charge in [-0.2, -0.15) is 0 Å². The lowest BCUT2D eigenvalue weighted by molar-refractivity contribution is 0.602. The average molecular weight is 282 g/mol. The molecule has 1 N–H and O–H groups in total. The first-order chi connectivity index (χ1) is 8.72. The quantitative estimate of drug-likeness (QED) is 0.894. The van der Waals surface area contributed by atoms with Crippen molar-refractivity contribution in [3.63, 3.8) is 0 Å². The van der Waals surface area contributed by atoms with E-state index in [9.17, 15) is 4.39 Å². The molecule has 2 aromatic carbocycles. The van der Waals surface area contributed by atoms with Crippen LogP contribution >= 0.6 is 23.4 Å². The predicted molar refractivity (Wildman–Crippen MR) is 74.7 cm³/mol. The van der Waals surface area contributed by atoms with Crippen LogP contribution in [-0.4, -0.2) is 7.05 Å². The Labute approximate surface area is 115 Å². The van der Waals surface area contributed by atoms with Crippen molar-refractivity contribution in [2.24, 2.45) is 0 Å². The van der Waals surface area contributed by atoms with Crippen molar-refractivity contribution in [3.05, 3.63) is 58.9 Å². The van der Waals surface area contributed by atoms with Crippen LogP contribution in [0.2, 0.25) is 5.02 Å². The second-order valence-electron chi connectivity index (χ2n) is 3.79. The smallest absolute Gasteiger partial charge is 0.137 e. The van der Waals surface area contributed by atoms with Gasteiger partial charge in [0.05, 0.1) is 5.02 Å². The molecule has 0 aromatic heterocycles. The van der Waals surface area contributed by atoms with Crippen molar-refractivity contribution < 1.29 is 4.39 Å². The molecule has 0 aliphatic carbocycles. The Morgan fingerprint density at radius 3 is 2.67 bits per heavy atom. The molecule has 0 spiro atoms. The zero-order valence-corrected chi connectivity index (χ0v) is 11.5. The number of benzene rings is 2. The van der Waals surface area contributed by atoms with Gasteiger partial charge in [-0.25, -0.2) is 4.39 Å². The lowest BCUT2D eigenvalue weighted by Crippen LogP contribution is -2.06. The van der Waals surface area contributed by atoms with Crippen LogP contribution in [0.4, 0.5) is 4.39 Å². The van der Waals surface area contributed by atoms with Crippen LogP contribution in [0.15, 0.2) is 52.3 Å². The Hall–Kier alpha value is -1.03. The van der Waals surface area contributed by atoms with Crippen LogP contribution in [0.1, 0.15) is 5.56 Å². The summed E-state index contributed by atoms with van der Waals surface area (Å²) in [5.74, 6) is -0.224. The summed E-state index contributed by atoms with van der Waals surface area (Å²) in [4.78, 5) is 1.49. The zero-order valence-electron chi connectivity index (χ0n) is 9.91. The van der Waals surface area contributed by atoms with E-state index < -0.39 is 0 Å². The molecular formula is C14H13ClFNS. The van der Waals surface area contributed by atoms with E-state index in [0.29, 0.717) is 16.5 Å². The third kappa shape index (κ3) is 3.05. The molecule has 0 atom stereocenters. The maximum absolute atomic E-state index is 13.6. The fourth-order valence-corrected chi connectivity index (χ4v) is 2.91. The second-order valence-corrected chi connectivity index (χ2v) is 5.25. The molecule has 0 bridgehead atoms. The van der Waals surface area contributed by atoms with Gasteiger partial charge < -0.3 is 5.32 Å². The van der Waals surface area contributed by atoms with Crippen LogP contribution < -0.4 is 5.32 Å². The highest BCUT2D eigenvalue weighted by Gasteiger charge is 2.10. The average Bonchev–Trinajstić information content (AvgIpc) is 2.36. The molecule has 1 nitrogen and oxygen atoms in total. The molecule has 18 heavy (non-hydrogen) atoms. The molecule has 0 saturated carbocycles. The highest BCUT2D eigenvalue weighted by atomic mass is 35.5. The number of nitrogens with one attached hydrogen (secondary N) is 1. The van der Waals surface area contributed by atoms with Gasteiger partial charge in [0, 0.05) is 16.3 Å². The monoisotopic (exact) mass is 281 g/mol. The Kier molecular flexibility index (Phi) is 4.64. The Morgan fingerprint density at radius 1 is 1.17 bits per heavy atom. The van der Waals surface area contributed by atoms with E-state index in [-0.39, 0.29) is 5.82 Å². The van der Waals surface area contributed by atoms with Gasteiger partial charge in [-0.3, -0.25) is 0 Å². The summed E-state index contributed by atoms with van der Waals surface area (Å²) < 4.78 is 13.6. The van der Waals surface area contributed by atoms with E-state index in [2.05, 4.69) is 5.32 Å². The minimum absolute atomic E-state index is 0.224. The van der Waals surface area contributed by atoms with Gasteiger partial charge in [0.15, 0.2) is 0 Å². The van der Waals surface area contributed by atoms with E-state index in [1.54, 1.807) is 12.1 Å². The van der Waals surface area contributed by atoms with Crippen molar-refractivity contribution in [1.29, 1.82) is 0 Å². The van der Waals surface area contributed by atoms with Crippen molar-refractivity contribution in [2.45, 2.75) is 16.3 Å². The maximum atomic E-state index is 13.6. The van der Waals surface area contributed by atoms with Crippen LogP contribution in [-0.2, 0) is 6.54 Å². The van der Waals surface area contributed by atoms with Crippen LogP contribution in [0.5, 0.6) is 0 Å². The highest BCUT2D eigenvalue weighted by Crippen LogP contribution is 2.37. The van der Waals surface area contributed by atoms with Gasteiger partial charge >= 0.3 is 0 Å². The summed E-state index contributed by atoms with van der Waals surface area (Å²) >= 11 is 7.56. The molecule has 2 aromatic rings. The number of hydrogen-bond acceptors (Lipinski definition) is 2. The number of halogens is 2. The molecular weight excluding hydrogens is 269 g/mol. The van der Waals surface area contributed by atoms with E-state index in [1.807, 2.05) is 31.3 Å². The van der Waals surface area contributed by atoms with Gasteiger partial charge in [-0.15, -0.1) is 0 Å². The standard InChI is InChI=1S/C14H13ClFNS/c1-17-9-10-5-4-6-11(15)14(10)18-13-8-3-2-7-12(13)16/h2-8,17H,9H2,1H3. The second kappa shape index (κ2) is 6.23. The minimum atomic E-state index is -0.224. The molecule has 94 valence electrons. The molecule has 4 heteroatoms. The molecule has 0 saturated heterocycles. The largest absolute Gasteiger partial charge is 0.316 e. The van der Waals surface area contributed by atoms with Crippen molar-refractivity contribution >= 4 is 23.4 Å². The van der Waals surface area contributed by atoms with Gasteiger partial charge in [-0.1, -0.05) is 47.6 Å². The summed E-state index contributed by atoms with van der Waals surface area (Å²) in [6.45, 7) is 0.706. The summed E-state index contributed by atoms with van der Waals surface area (Å²) in [7, 11) is 1.87.